The summed E-state index contributed by atoms with van der Waals surface area (Å²) in [5, 5.41) is 2.28. The second-order valence-corrected chi connectivity index (χ2v) is 2.38. The highest BCUT2D eigenvalue weighted by Gasteiger charge is 2.02. The van der Waals surface area contributed by atoms with Gasteiger partial charge in [0.1, 0.15) is 6.04 Å². The lowest BCUT2D eigenvalue weighted by molar-refractivity contribution is 0.957. The van der Waals surface area contributed by atoms with Gasteiger partial charge >= 0.3 is 0 Å². The normalized spacial score (nSPS) is 10.9. The van der Waals surface area contributed by atoms with Gasteiger partial charge in [-0.25, -0.2) is 4.99 Å². The maximum Gasteiger partial charge on any atom is 0.145 e. The highest BCUT2D eigenvalue weighted by molar-refractivity contribution is 7.78. The predicted octanol–water partition coefficient (Wildman–Crippen LogP) is 2.46. The summed E-state index contributed by atoms with van der Waals surface area (Å²) in [4.78, 5) is 3.84. The van der Waals surface area contributed by atoms with E-state index in [0.717, 1.165) is 5.56 Å². The molecule has 0 radical (unpaired) electrons. The first kappa shape index (κ1) is 8.67. The molecule has 0 saturated heterocycles. The van der Waals surface area contributed by atoms with Gasteiger partial charge in [-0.05, 0) is 17.8 Å². The van der Waals surface area contributed by atoms with E-state index in [1.807, 2.05) is 30.3 Å². The van der Waals surface area contributed by atoms with Gasteiger partial charge in [-0.3, -0.25) is 0 Å². The topological polar surface area (TPSA) is 12.4 Å². The molecule has 0 N–H and O–H groups in total. The Morgan fingerprint density at radius 3 is 2.50 bits per heavy atom. The van der Waals surface area contributed by atoms with Crippen LogP contribution in [0, 0.1) is 12.3 Å². The van der Waals surface area contributed by atoms with E-state index in [9.17, 15) is 0 Å². The van der Waals surface area contributed by atoms with Crippen LogP contribution in [0.5, 0.6) is 0 Å². The molecule has 0 saturated carbocycles. The number of aliphatic imine (C=N–C) groups is 1. The molecular formula is C10H7NS. The molecule has 1 aromatic carbocycles. The summed E-state index contributed by atoms with van der Waals surface area (Å²) < 4.78 is 0. The number of isothiocyanates is 1. The van der Waals surface area contributed by atoms with Crippen LogP contribution in [0.3, 0.4) is 0 Å². The van der Waals surface area contributed by atoms with E-state index < -0.39 is 0 Å². The number of rotatable bonds is 2. The van der Waals surface area contributed by atoms with Crippen LogP contribution in [0.4, 0.5) is 0 Å². The summed E-state index contributed by atoms with van der Waals surface area (Å²) in [7, 11) is 0. The van der Waals surface area contributed by atoms with Crippen LogP contribution in [0.1, 0.15) is 11.6 Å². The Hall–Kier alpha value is -1.42. The minimum Gasteiger partial charge on any atom is -0.211 e. The van der Waals surface area contributed by atoms with Gasteiger partial charge in [0, 0.05) is 0 Å². The molecule has 12 heavy (non-hydrogen) atoms. The van der Waals surface area contributed by atoms with E-state index in [1.54, 1.807) is 0 Å². The molecule has 0 aromatic heterocycles. The van der Waals surface area contributed by atoms with E-state index in [1.165, 1.54) is 0 Å². The minimum atomic E-state index is -0.288. The third-order valence-corrected chi connectivity index (χ3v) is 1.56. The van der Waals surface area contributed by atoms with Gasteiger partial charge in [0.15, 0.2) is 0 Å². The minimum absolute atomic E-state index is 0.288. The molecule has 0 spiro atoms. The van der Waals surface area contributed by atoms with Gasteiger partial charge in [0.2, 0.25) is 0 Å². The van der Waals surface area contributed by atoms with Crippen molar-refractivity contribution < 1.29 is 0 Å². The van der Waals surface area contributed by atoms with Crippen molar-refractivity contribution in [2.75, 3.05) is 0 Å². The number of benzene rings is 1. The summed E-state index contributed by atoms with van der Waals surface area (Å²) in [6.07, 6.45) is 5.26. The fraction of sp³-hybridized carbons (Fsp3) is 0.100. The van der Waals surface area contributed by atoms with Gasteiger partial charge in [-0.2, -0.15) is 0 Å². The van der Waals surface area contributed by atoms with E-state index >= 15 is 0 Å². The SMILES string of the molecule is C#CC(N=C=S)c1ccccc1. The van der Waals surface area contributed by atoms with Gasteiger partial charge in [0.05, 0.1) is 5.16 Å². The zero-order chi connectivity index (χ0) is 8.81. The molecule has 58 valence electrons. The molecule has 0 heterocycles. The van der Waals surface area contributed by atoms with E-state index in [2.05, 4.69) is 28.3 Å². The van der Waals surface area contributed by atoms with Crippen LogP contribution in [0.2, 0.25) is 0 Å². The van der Waals surface area contributed by atoms with Crippen LogP contribution in [-0.2, 0) is 0 Å². The molecule has 0 bridgehead atoms. The number of nitrogens with zero attached hydrogens (tertiary/aromatic N) is 1. The number of terminal acetylenes is 1. The van der Waals surface area contributed by atoms with Crippen LogP contribution in [0.15, 0.2) is 35.3 Å². The third-order valence-electron chi connectivity index (χ3n) is 1.45. The van der Waals surface area contributed by atoms with Crippen molar-refractivity contribution in [3.63, 3.8) is 0 Å². The molecule has 1 aromatic rings. The molecule has 0 aliphatic carbocycles. The summed E-state index contributed by atoms with van der Waals surface area (Å²) in [6, 6.07) is 9.31. The highest BCUT2D eigenvalue weighted by atomic mass is 32.1. The lowest BCUT2D eigenvalue weighted by Crippen LogP contribution is -1.89. The molecule has 1 rings (SSSR count). The first-order valence-corrected chi connectivity index (χ1v) is 3.87. The van der Waals surface area contributed by atoms with Crippen molar-refractivity contribution in [1.29, 1.82) is 0 Å². The van der Waals surface area contributed by atoms with Crippen LogP contribution >= 0.6 is 12.2 Å². The lowest BCUT2D eigenvalue weighted by Gasteiger charge is -2.01. The Morgan fingerprint density at radius 1 is 1.33 bits per heavy atom. The third kappa shape index (κ3) is 2.03. The van der Waals surface area contributed by atoms with E-state index in [4.69, 9.17) is 6.42 Å². The first-order valence-electron chi connectivity index (χ1n) is 3.46. The van der Waals surface area contributed by atoms with Gasteiger partial charge in [-0.1, -0.05) is 36.3 Å². The second-order valence-electron chi connectivity index (χ2n) is 2.20. The largest absolute Gasteiger partial charge is 0.211 e. The highest BCUT2D eigenvalue weighted by Crippen LogP contribution is 2.14. The smallest absolute Gasteiger partial charge is 0.145 e. The summed E-state index contributed by atoms with van der Waals surface area (Å²) in [5.74, 6) is 2.52. The Labute approximate surface area is 77.1 Å². The Balaban J connectivity index is 2.97. The molecular weight excluding hydrogens is 166 g/mol. The maximum atomic E-state index is 5.26. The first-order chi connectivity index (χ1) is 5.88. The molecule has 1 atom stereocenters. The summed E-state index contributed by atoms with van der Waals surface area (Å²) >= 11 is 4.48. The van der Waals surface area contributed by atoms with Crippen molar-refractivity contribution >= 4 is 17.4 Å². The van der Waals surface area contributed by atoms with Crippen LogP contribution in [0.25, 0.3) is 0 Å². The molecule has 1 unspecified atom stereocenters. The Morgan fingerprint density at radius 2 is 2.00 bits per heavy atom. The molecule has 0 aliphatic heterocycles. The molecule has 1 nitrogen and oxygen atoms in total. The summed E-state index contributed by atoms with van der Waals surface area (Å²) in [6.45, 7) is 0. The molecule has 2 heteroatoms. The maximum absolute atomic E-state index is 5.26. The summed E-state index contributed by atoms with van der Waals surface area (Å²) in [5.41, 5.74) is 0.970. The molecule has 0 aliphatic rings. The lowest BCUT2D eigenvalue weighted by atomic mass is 10.1. The second kappa shape index (κ2) is 4.46. The van der Waals surface area contributed by atoms with Crippen molar-refractivity contribution in [1.82, 2.24) is 0 Å². The Bertz CT molecular complexity index is 331. The van der Waals surface area contributed by atoms with Gasteiger partial charge in [-0.15, -0.1) is 6.42 Å². The molecule has 0 fully saturated rings. The number of hydrogen-bond acceptors (Lipinski definition) is 2. The number of hydrogen-bond donors (Lipinski definition) is 0. The fourth-order valence-electron chi connectivity index (χ4n) is 0.896. The van der Waals surface area contributed by atoms with Gasteiger partial charge < -0.3 is 0 Å². The zero-order valence-electron chi connectivity index (χ0n) is 6.40. The van der Waals surface area contributed by atoms with Crippen LogP contribution in [-0.4, -0.2) is 5.16 Å². The van der Waals surface area contributed by atoms with Crippen molar-refractivity contribution in [3.8, 4) is 12.3 Å². The average Bonchev–Trinajstić information content (AvgIpc) is 2.15. The zero-order valence-corrected chi connectivity index (χ0v) is 7.21. The van der Waals surface area contributed by atoms with E-state index in [0.29, 0.717) is 0 Å². The van der Waals surface area contributed by atoms with Crippen LogP contribution < -0.4 is 0 Å². The van der Waals surface area contributed by atoms with Crippen molar-refractivity contribution in [2.45, 2.75) is 6.04 Å². The van der Waals surface area contributed by atoms with Crippen molar-refractivity contribution in [2.24, 2.45) is 4.99 Å². The van der Waals surface area contributed by atoms with Gasteiger partial charge in [0.25, 0.3) is 0 Å². The average molecular weight is 173 g/mol. The molecule has 0 amide bonds. The van der Waals surface area contributed by atoms with Crippen molar-refractivity contribution in [3.05, 3.63) is 35.9 Å². The predicted molar refractivity (Wildman–Crippen MR) is 53.0 cm³/mol. The quantitative estimate of drug-likeness (QED) is 0.380. The standard InChI is InChI=1S/C10H7NS/c1-2-10(11-8-12)9-6-4-3-5-7-9/h1,3-7,10H. The fourth-order valence-corrected chi connectivity index (χ4v) is 1.00. The Kier molecular flexibility index (Phi) is 3.22. The monoisotopic (exact) mass is 173 g/mol. The number of thiocarbonyl (C=S) groups is 1. The van der Waals surface area contributed by atoms with E-state index in [-0.39, 0.29) is 6.04 Å².